The lowest BCUT2D eigenvalue weighted by Gasteiger charge is -2.18. The van der Waals surface area contributed by atoms with E-state index in [4.69, 9.17) is 14.2 Å². The summed E-state index contributed by atoms with van der Waals surface area (Å²) in [6.45, 7) is 6.59. The first-order valence-electron chi connectivity index (χ1n) is 26.5. The van der Waals surface area contributed by atoms with E-state index in [0.717, 1.165) is 77.0 Å². The quantitative estimate of drug-likeness (QED) is 0.0262. The van der Waals surface area contributed by atoms with Crippen molar-refractivity contribution in [3.8, 4) is 0 Å². The van der Waals surface area contributed by atoms with Gasteiger partial charge in [0, 0.05) is 19.3 Å². The van der Waals surface area contributed by atoms with Crippen LogP contribution in [0.2, 0.25) is 0 Å². The van der Waals surface area contributed by atoms with Gasteiger partial charge in [0.2, 0.25) is 0 Å². The molecule has 61 heavy (non-hydrogen) atoms. The highest BCUT2D eigenvalue weighted by Gasteiger charge is 2.19. The maximum atomic E-state index is 12.8. The van der Waals surface area contributed by atoms with Crippen LogP contribution in [0.5, 0.6) is 0 Å². The van der Waals surface area contributed by atoms with Crippen molar-refractivity contribution in [2.24, 2.45) is 0 Å². The van der Waals surface area contributed by atoms with Crippen LogP contribution >= 0.6 is 0 Å². The average Bonchev–Trinajstić information content (AvgIpc) is 3.26. The first kappa shape index (κ1) is 58.6. The van der Waals surface area contributed by atoms with Crippen LogP contribution in [0, 0.1) is 0 Å². The fourth-order valence-corrected chi connectivity index (χ4v) is 7.57. The molecule has 0 fully saturated rings. The Morgan fingerprint density at radius 1 is 0.328 bits per heavy atom. The highest BCUT2D eigenvalue weighted by molar-refractivity contribution is 5.71. The minimum Gasteiger partial charge on any atom is -0.462 e. The zero-order chi connectivity index (χ0) is 44.4. The molecule has 0 aliphatic heterocycles. The second kappa shape index (κ2) is 50.3. The van der Waals surface area contributed by atoms with Crippen molar-refractivity contribution in [3.05, 3.63) is 36.5 Å². The first-order chi connectivity index (χ1) is 30.0. The number of carbonyl (C=O) groups is 3. The van der Waals surface area contributed by atoms with E-state index in [9.17, 15) is 14.4 Å². The van der Waals surface area contributed by atoms with Gasteiger partial charge in [-0.1, -0.05) is 224 Å². The second-order valence-corrected chi connectivity index (χ2v) is 17.8. The summed E-state index contributed by atoms with van der Waals surface area (Å²) < 4.78 is 16.8. The van der Waals surface area contributed by atoms with Crippen molar-refractivity contribution < 1.29 is 28.6 Å². The number of hydrogen-bond donors (Lipinski definition) is 0. The highest BCUT2D eigenvalue weighted by atomic mass is 16.6. The molecule has 0 radical (unpaired) electrons. The van der Waals surface area contributed by atoms with Gasteiger partial charge < -0.3 is 14.2 Å². The summed E-state index contributed by atoms with van der Waals surface area (Å²) in [6, 6.07) is 0. The van der Waals surface area contributed by atoms with Crippen molar-refractivity contribution in [2.45, 2.75) is 284 Å². The number of rotatable bonds is 48. The van der Waals surface area contributed by atoms with Gasteiger partial charge in [-0.2, -0.15) is 0 Å². The van der Waals surface area contributed by atoms with Gasteiger partial charge in [-0.25, -0.2) is 0 Å². The summed E-state index contributed by atoms with van der Waals surface area (Å²) in [7, 11) is 0. The molecule has 0 N–H and O–H groups in total. The van der Waals surface area contributed by atoms with Crippen LogP contribution in [0.4, 0.5) is 0 Å². The zero-order valence-electron chi connectivity index (χ0n) is 40.7. The van der Waals surface area contributed by atoms with Gasteiger partial charge in [-0.3, -0.25) is 14.4 Å². The molecule has 0 amide bonds. The Morgan fingerprint density at radius 2 is 0.607 bits per heavy atom. The summed E-state index contributed by atoms with van der Waals surface area (Å²) in [4.78, 5) is 37.9. The molecule has 6 heteroatoms. The third kappa shape index (κ3) is 48.5. The van der Waals surface area contributed by atoms with E-state index in [1.54, 1.807) is 0 Å². The average molecular weight is 857 g/mol. The molecule has 0 bridgehead atoms. The van der Waals surface area contributed by atoms with Crippen LogP contribution < -0.4 is 0 Å². The largest absolute Gasteiger partial charge is 0.462 e. The highest BCUT2D eigenvalue weighted by Crippen LogP contribution is 2.15. The lowest BCUT2D eigenvalue weighted by molar-refractivity contribution is -0.167. The van der Waals surface area contributed by atoms with E-state index < -0.39 is 6.10 Å². The molecule has 0 aliphatic rings. The smallest absolute Gasteiger partial charge is 0.306 e. The van der Waals surface area contributed by atoms with Gasteiger partial charge in [-0.05, 0) is 70.6 Å². The van der Waals surface area contributed by atoms with Gasteiger partial charge in [0.25, 0.3) is 0 Å². The maximum Gasteiger partial charge on any atom is 0.306 e. The van der Waals surface area contributed by atoms with E-state index >= 15 is 0 Å². The molecule has 0 aliphatic carbocycles. The molecule has 356 valence electrons. The molecule has 0 saturated heterocycles. The van der Waals surface area contributed by atoms with Crippen LogP contribution in [-0.2, 0) is 28.6 Å². The fraction of sp³-hybridized carbons (Fsp3) is 0.836. The number of carbonyl (C=O) groups excluding carboxylic acids is 3. The molecule has 1 atom stereocenters. The molecule has 0 heterocycles. The standard InChI is InChI=1S/C55H100O6/c1-4-7-10-13-16-19-22-24-26-27-28-29-31-33-36-39-42-45-48-54(57)60-51-52(50-59-53(56)47-44-41-38-35-32-21-18-15-12-9-6-3)61-55(58)49-46-43-40-37-34-30-25-23-20-17-14-11-8-5-2/h15,18-19,22,26-27,52H,4-14,16-17,20-21,23-25,28-51H2,1-3H3/b18-15-,22-19-,27-26-. The Kier molecular flexibility index (Phi) is 48.3. The van der Waals surface area contributed by atoms with Crippen molar-refractivity contribution in [3.63, 3.8) is 0 Å². The van der Waals surface area contributed by atoms with E-state index in [0.29, 0.717) is 19.3 Å². The summed E-state index contributed by atoms with van der Waals surface area (Å²) in [6.07, 6.45) is 58.4. The summed E-state index contributed by atoms with van der Waals surface area (Å²) in [5.74, 6) is -0.882. The van der Waals surface area contributed by atoms with Gasteiger partial charge >= 0.3 is 17.9 Å². The molecule has 1 unspecified atom stereocenters. The topological polar surface area (TPSA) is 78.9 Å². The monoisotopic (exact) mass is 857 g/mol. The first-order valence-corrected chi connectivity index (χ1v) is 26.5. The normalized spacial score (nSPS) is 12.2. The predicted molar refractivity (Wildman–Crippen MR) is 261 cm³/mol. The van der Waals surface area contributed by atoms with Gasteiger partial charge in [0.05, 0.1) is 0 Å². The van der Waals surface area contributed by atoms with Crippen molar-refractivity contribution >= 4 is 17.9 Å². The minimum atomic E-state index is -0.774. The Bertz CT molecular complexity index is 1030. The van der Waals surface area contributed by atoms with E-state index in [-0.39, 0.29) is 31.1 Å². The Morgan fingerprint density at radius 3 is 0.984 bits per heavy atom. The van der Waals surface area contributed by atoms with Crippen LogP contribution in [0.3, 0.4) is 0 Å². The number of hydrogen-bond acceptors (Lipinski definition) is 6. The van der Waals surface area contributed by atoms with Crippen molar-refractivity contribution in [1.82, 2.24) is 0 Å². The summed E-state index contributed by atoms with van der Waals surface area (Å²) in [5.41, 5.74) is 0. The van der Waals surface area contributed by atoms with E-state index in [2.05, 4.69) is 57.2 Å². The second-order valence-electron chi connectivity index (χ2n) is 17.8. The molecule has 0 rings (SSSR count). The lowest BCUT2D eigenvalue weighted by Crippen LogP contribution is -2.30. The maximum absolute atomic E-state index is 12.8. The zero-order valence-corrected chi connectivity index (χ0v) is 40.7. The van der Waals surface area contributed by atoms with Crippen LogP contribution in [0.1, 0.15) is 278 Å². The van der Waals surface area contributed by atoms with Crippen molar-refractivity contribution in [1.29, 1.82) is 0 Å². The lowest BCUT2D eigenvalue weighted by atomic mass is 10.0. The molecular weight excluding hydrogens is 757 g/mol. The van der Waals surface area contributed by atoms with Gasteiger partial charge in [0.15, 0.2) is 6.10 Å². The number of esters is 3. The molecule has 0 spiro atoms. The SMILES string of the molecule is CCCC/C=C\CCCCCCCC(=O)OCC(COC(=O)CCCCCCCCC/C=C\C/C=C\CCCCCC)OC(=O)CCCCCCCCCCCCCCCC. The molecule has 0 aromatic carbocycles. The molecular formula is C55H100O6. The molecule has 6 nitrogen and oxygen atoms in total. The Balaban J connectivity index is 4.33. The Labute approximate surface area is 378 Å². The van der Waals surface area contributed by atoms with E-state index in [1.165, 1.54) is 161 Å². The van der Waals surface area contributed by atoms with Gasteiger partial charge in [-0.15, -0.1) is 0 Å². The van der Waals surface area contributed by atoms with Gasteiger partial charge in [0.1, 0.15) is 13.2 Å². The molecule has 0 aromatic heterocycles. The Hall–Kier alpha value is -2.37. The van der Waals surface area contributed by atoms with Crippen LogP contribution in [-0.4, -0.2) is 37.2 Å². The van der Waals surface area contributed by atoms with Crippen LogP contribution in [0.25, 0.3) is 0 Å². The predicted octanol–water partition coefficient (Wildman–Crippen LogP) is 17.3. The summed E-state index contributed by atoms with van der Waals surface area (Å²) >= 11 is 0. The summed E-state index contributed by atoms with van der Waals surface area (Å²) in [5, 5.41) is 0. The third-order valence-electron chi connectivity index (χ3n) is 11.6. The number of ether oxygens (including phenoxy) is 3. The molecule has 0 saturated carbocycles. The van der Waals surface area contributed by atoms with Crippen molar-refractivity contribution in [2.75, 3.05) is 13.2 Å². The number of allylic oxidation sites excluding steroid dienone is 6. The number of unbranched alkanes of at least 4 members (excludes halogenated alkanes) is 31. The fourth-order valence-electron chi connectivity index (χ4n) is 7.57. The van der Waals surface area contributed by atoms with E-state index in [1.807, 2.05) is 0 Å². The third-order valence-corrected chi connectivity index (χ3v) is 11.6. The molecule has 0 aromatic rings. The van der Waals surface area contributed by atoms with Crippen LogP contribution in [0.15, 0.2) is 36.5 Å². The minimum absolute atomic E-state index is 0.0761.